The third-order valence-electron chi connectivity index (χ3n) is 3.40. The molecule has 2 aromatic heterocycles. The summed E-state index contributed by atoms with van der Waals surface area (Å²) in [6.45, 7) is 1.88. The van der Waals surface area contributed by atoms with E-state index in [1.807, 2.05) is 6.92 Å². The highest BCUT2D eigenvalue weighted by Gasteiger charge is 2.19. The lowest BCUT2D eigenvalue weighted by Crippen LogP contribution is -2.16. The average Bonchev–Trinajstić information content (AvgIpc) is 2.89. The summed E-state index contributed by atoms with van der Waals surface area (Å²) in [5, 5.41) is 3.29. The number of nitrogens with one attached hydrogen (secondary N) is 1. The van der Waals surface area contributed by atoms with Crippen LogP contribution in [0.15, 0.2) is 36.5 Å². The molecule has 0 bridgehead atoms. The van der Waals surface area contributed by atoms with Gasteiger partial charge in [0.05, 0.1) is 21.4 Å². The van der Waals surface area contributed by atoms with Gasteiger partial charge >= 0.3 is 0 Å². The van der Waals surface area contributed by atoms with E-state index in [9.17, 15) is 9.18 Å². The van der Waals surface area contributed by atoms with Crippen LogP contribution in [0, 0.1) is 5.82 Å². The van der Waals surface area contributed by atoms with Crippen molar-refractivity contribution in [2.24, 2.45) is 0 Å². The Labute approximate surface area is 141 Å². The number of pyridine rings is 1. The van der Waals surface area contributed by atoms with Crippen LogP contribution in [0.25, 0.3) is 5.65 Å². The first-order valence-electron chi connectivity index (χ1n) is 6.93. The highest BCUT2D eigenvalue weighted by molar-refractivity contribution is 6.44. The number of nitrogens with zero attached hydrogens (tertiary/aromatic N) is 2. The normalized spacial score (nSPS) is 11.0. The Morgan fingerprint density at radius 2 is 2.09 bits per heavy atom. The van der Waals surface area contributed by atoms with Crippen molar-refractivity contribution in [3.05, 3.63) is 63.8 Å². The monoisotopic (exact) mass is 351 g/mol. The first kappa shape index (κ1) is 15.8. The molecular formula is C16H12Cl2FN3O. The maximum atomic E-state index is 13.5. The van der Waals surface area contributed by atoms with Crippen LogP contribution in [-0.2, 0) is 6.42 Å². The molecule has 3 rings (SSSR count). The van der Waals surface area contributed by atoms with Crippen LogP contribution in [0.1, 0.15) is 23.1 Å². The highest BCUT2D eigenvalue weighted by atomic mass is 35.5. The number of anilines is 1. The summed E-state index contributed by atoms with van der Waals surface area (Å²) in [5.74, 6) is -0.878. The molecule has 1 amide bonds. The highest BCUT2D eigenvalue weighted by Crippen LogP contribution is 2.30. The lowest BCUT2D eigenvalue weighted by atomic mass is 10.2. The Hall–Kier alpha value is -2.11. The van der Waals surface area contributed by atoms with E-state index in [1.54, 1.807) is 18.2 Å². The molecule has 1 aromatic carbocycles. The van der Waals surface area contributed by atoms with Crippen LogP contribution < -0.4 is 5.32 Å². The molecule has 1 N–H and O–H groups in total. The van der Waals surface area contributed by atoms with Gasteiger partial charge in [0.15, 0.2) is 0 Å². The Balaban J connectivity index is 2.06. The quantitative estimate of drug-likeness (QED) is 0.749. The zero-order valence-electron chi connectivity index (χ0n) is 12.1. The van der Waals surface area contributed by atoms with E-state index in [0.717, 1.165) is 0 Å². The van der Waals surface area contributed by atoms with Crippen molar-refractivity contribution in [1.82, 2.24) is 9.38 Å². The number of fused-ring (bicyclic) bond motifs is 1. The number of aryl methyl sites for hydroxylation is 1. The van der Waals surface area contributed by atoms with E-state index in [2.05, 4.69) is 10.3 Å². The third kappa shape index (κ3) is 2.90. The summed E-state index contributed by atoms with van der Waals surface area (Å²) < 4.78 is 15.0. The Morgan fingerprint density at radius 3 is 2.83 bits per heavy atom. The minimum atomic E-state index is -0.451. The summed E-state index contributed by atoms with van der Waals surface area (Å²) in [5.41, 5.74) is 1.74. The molecule has 23 heavy (non-hydrogen) atoms. The van der Waals surface area contributed by atoms with Crippen LogP contribution in [0.4, 0.5) is 10.1 Å². The van der Waals surface area contributed by atoms with Crippen LogP contribution >= 0.6 is 23.2 Å². The zero-order chi connectivity index (χ0) is 16.6. The number of imidazole rings is 1. The van der Waals surface area contributed by atoms with Gasteiger partial charge in [-0.05, 0) is 30.7 Å². The lowest BCUT2D eigenvalue weighted by Gasteiger charge is -2.09. The van der Waals surface area contributed by atoms with Gasteiger partial charge in [-0.3, -0.25) is 9.20 Å². The number of hydrogen-bond acceptors (Lipinski definition) is 2. The molecule has 2 heterocycles. The molecule has 0 aliphatic heterocycles. The van der Waals surface area contributed by atoms with Crippen LogP contribution in [0.2, 0.25) is 10.0 Å². The predicted octanol–water partition coefficient (Wildman–Crippen LogP) is 4.59. The maximum absolute atomic E-state index is 13.5. The molecule has 118 valence electrons. The van der Waals surface area contributed by atoms with Crippen molar-refractivity contribution < 1.29 is 9.18 Å². The standard InChI is InChI=1S/C16H12Cl2FN3O/c1-2-11-15(22-8-9(19)6-7-13(22)20-11)16(23)21-12-5-3-4-10(17)14(12)18/h3-8H,2H2,1H3,(H,21,23). The fourth-order valence-electron chi connectivity index (χ4n) is 2.34. The lowest BCUT2D eigenvalue weighted by molar-refractivity contribution is 0.102. The van der Waals surface area contributed by atoms with Crippen molar-refractivity contribution in [2.45, 2.75) is 13.3 Å². The summed E-state index contributed by atoms with van der Waals surface area (Å²) in [6, 6.07) is 7.77. The van der Waals surface area contributed by atoms with Gasteiger partial charge in [-0.15, -0.1) is 0 Å². The molecule has 0 radical (unpaired) electrons. The molecule has 0 fully saturated rings. The number of rotatable bonds is 3. The van der Waals surface area contributed by atoms with E-state index < -0.39 is 11.7 Å². The topological polar surface area (TPSA) is 46.4 Å². The molecule has 0 atom stereocenters. The second-order valence-corrected chi connectivity index (χ2v) is 5.68. The van der Waals surface area contributed by atoms with Gasteiger partial charge in [-0.25, -0.2) is 9.37 Å². The average molecular weight is 352 g/mol. The molecule has 4 nitrogen and oxygen atoms in total. The Morgan fingerprint density at radius 1 is 1.30 bits per heavy atom. The molecule has 0 aliphatic rings. The van der Waals surface area contributed by atoms with Gasteiger partial charge in [0.2, 0.25) is 0 Å². The van der Waals surface area contributed by atoms with Gasteiger partial charge in [0, 0.05) is 6.20 Å². The minimum Gasteiger partial charge on any atom is -0.319 e. The number of amides is 1. The van der Waals surface area contributed by atoms with Crippen molar-refractivity contribution in [2.75, 3.05) is 5.32 Å². The Kier molecular flexibility index (Phi) is 4.24. The number of aromatic nitrogens is 2. The zero-order valence-corrected chi connectivity index (χ0v) is 13.6. The van der Waals surface area contributed by atoms with Crippen LogP contribution in [0.3, 0.4) is 0 Å². The second-order valence-electron chi connectivity index (χ2n) is 4.89. The summed E-state index contributed by atoms with van der Waals surface area (Å²) in [6.07, 6.45) is 1.77. The summed E-state index contributed by atoms with van der Waals surface area (Å²) in [4.78, 5) is 17.0. The fourth-order valence-corrected chi connectivity index (χ4v) is 2.68. The van der Waals surface area contributed by atoms with Crippen molar-refractivity contribution >= 4 is 40.4 Å². The largest absolute Gasteiger partial charge is 0.319 e. The number of halogens is 3. The van der Waals surface area contributed by atoms with Crippen molar-refractivity contribution in [3.63, 3.8) is 0 Å². The molecule has 0 saturated carbocycles. The number of hydrogen-bond donors (Lipinski definition) is 1. The van der Waals surface area contributed by atoms with E-state index >= 15 is 0 Å². The molecule has 0 aliphatic carbocycles. The van der Waals surface area contributed by atoms with E-state index in [0.29, 0.717) is 28.5 Å². The van der Waals surface area contributed by atoms with E-state index in [1.165, 1.54) is 22.7 Å². The molecular weight excluding hydrogens is 340 g/mol. The van der Waals surface area contributed by atoms with Gasteiger partial charge < -0.3 is 5.32 Å². The minimum absolute atomic E-state index is 0.251. The SMILES string of the molecule is CCc1nc2ccc(F)cn2c1C(=O)Nc1cccc(Cl)c1Cl. The molecule has 0 unspecified atom stereocenters. The van der Waals surface area contributed by atoms with E-state index in [-0.39, 0.29) is 10.7 Å². The first-order chi connectivity index (χ1) is 11.0. The summed E-state index contributed by atoms with van der Waals surface area (Å²) >= 11 is 12.0. The van der Waals surface area contributed by atoms with E-state index in [4.69, 9.17) is 23.2 Å². The van der Waals surface area contributed by atoms with Crippen molar-refractivity contribution in [1.29, 1.82) is 0 Å². The third-order valence-corrected chi connectivity index (χ3v) is 4.22. The molecule has 7 heteroatoms. The fraction of sp³-hybridized carbons (Fsp3) is 0.125. The number of carbonyl (C=O) groups excluding carboxylic acids is 1. The van der Waals surface area contributed by atoms with Gasteiger partial charge in [-0.2, -0.15) is 0 Å². The number of carbonyl (C=O) groups is 1. The Bertz CT molecular complexity index is 908. The smallest absolute Gasteiger partial charge is 0.274 e. The van der Waals surface area contributed by atoms with Gasteiger partial charge in [0.1, 0.15) is 17.2 Å². The van der Waals surface area contributed by atoms with Gasteiger partial charge in [0.25, 0.3) is 5.91 Å². The van der Waals surface area contributed by atoms with Crippen LogP contribution in [0.5, 0.6) is 0 Å². The van der Waals surface area contributed by atoms with Crippen LogP contribution in [-0.4, -0.2) is 15.3 Å². The molecule has 0 spiro atoms. The molecule has 3 aromatic rings. The van der Waals surface area contributed by atoms with Crippen molar-refractivity contribution in [3.8, 4) is 0 Å². The van der Waals surface area contributed by atoms with Gasteiger partial charge in [-0.1, -0.05) is 36.2 Å². The first-order valence-corrected chi connectivity index (χ1v) is 7.68. The summed E-state index contributed by atoms with van der Waals surface area (Å²) in [7, 11) is 0. The maximum Gasteiger partial charge on any atom is 0.274 e. The predicted molar refractivity (Wildman–Crippen MR) is 88.9 cm³/mol. The second kappa shape index (κ2) is 6.18. The molecule has 0 saturated heterocycles. The number of benzene rings is 1.